The summed E-state index contributed by atoms with van der Waals surface area (Å²) in [6, 6.07) is 0.00965. The molecule has 0 aliphatic carbocycles. The van der Waals surface area contributed by atoms with Gasteiger partial charge in [-0.15, -0.1) is 0 Å². The largest absolute Gasteiger partial charge is 0.463 e. The molecule has 4 aliphatic rings. The maximum Gasteiger partial charge on any atom is 0.306 e. The van der Waals surface area contributed by atoms with Gasteiger partial charge in [0, 0.05) is 179 Å². The van der Waals surface area contributed by atoms with Gasteiger partial charge in [0.25, 0.3) is 0 Å². The SMILES string of the molecule is CC[C@@H]1C[C@@H](OC(=O)CCC(C)=O)CN1C(=O)CCCCCCCCCCC(=O)CC(COCCC(=O)CCCCCC(=O)CCCCOC1OC(COC(C)=O)C(C)C(C)C1C)(COCCC(=O)CCCCCC(=O)CCCCOC1OC(COC(C)=O)C(C)C(C)C1C)COCCC(=O)NCCCNC(=O)CCCCOC1OC(COC(C)=O)C(C)C(C)C1C. The molecule has 127 heavy (non-hydrogen) atoms. The molecule has 730 valence electrons. The first-order valence-electron chi connectivity index (χ1n) is 48.8. The van der Waals surface area contributed by atoms with Crippen LogP contribution in [-0.4, -0.2) is 229 Å². The van der Waals surface area contributed by atoms with Gasteiger partial charge in [-0.2, -0.15) is 0 Å². The number of amides is 3. The van der Waals surface area contributed by atoms with Crippen molar-refractivity contribution in [1.29, 1.82) is 0 Å². The standard InChI is InChI=1S/C98H167N3O26/c1-15-81-59-87(124-94(114)47-46-68(2)102)61-101(81)93(113)45-29-21-19-17-16-18-20-24-43-86(110)60-98(65-115-56-48-84(108)39-27-22-25-37-82(106)41-30-33-53-118-95-75(9)69(3)72(6)88(125-95)62-121-78(12)103,66-116-57-49-85(109)40-28-23-26-38-83(107)42-31-34-54-119-96-76(10)70(4)73(7)89(126-96)63-122-79(13)104)67-117-58-50-92(112)100-52-36-51-99-91(111)44-32-35-55-120-97-77(11)71(5)74(8)90(127-97)64-123-80(14)105/h69-77,81,87-90,95-97H,15-67H2,1-14H3,(H,99,111)(H,100,112)/t69?,70?,71?,72?,73?,74?,75?,76?,77?,81-,87-,88?,89?,90?,95?,96?,97?,98?/m1/s1. The lowest BCUT2D eigenvalue weighted by Crippen LogP contribution is -2.47. The summed E-state index contributed by atoms with van der Waals surface area (Å²) in [6.07, 6.45) is 18.2. The molecular weight excluding hydrogens is 1640 g/mol. The molecule has 29 heteroatoms. The fraction of sp³-hybridized carbons (Fsp3) is 0.867. The first-order valence-corrected chi connectivity index (χ1v) is 48.8. The normalized spacial score (nSPS) is 24.6. The van der Waals surface area contributed by atoms with Crippen LogP contribution in [0.25, 0.3) is 0 Å². The molecule has 0 aromatic heterocycles. The van der Waals surface area contributed by atoms with Crippen molar-refractivity contribution < 1.29 is 124 Å². The van der Waals surface area contributed by atoms with Gasteiger partial charge in [0.15, 0.2) is 18.9 Å². The number of esters is 4. The van der Waals surface area contributed by atoms with E-state index in [0.717, 1.165) is 51.4 Å². The summed E-state index contributed by atoms with van der Waals surface area (Å²) < 4.78 is 77.3. The Kier molecular flexibility index (Phi) is 58.4. The zero-order chi connectivity index (χ0) is 93.5. The van der Waals surface area contributed by atoms with Crippen LogP contribution in [0.5, 0.6) is 0 Å². The van der Waals surface area contributed by atoms with Crippen molar-refractivity contribution in [2.24, 2.45) is 58.7 Å². The van der Waals surface area contributed by atoms with E-state index in [0.29, 0.717) is 205 Å². The van der Waals surface area contributed by atoms with Crippen molar-refractivity contribution in [1.82, 2.24) is 15.5 Å². The van der Waals surface area contributed by atoms with E-state index >= 15 is 0 Å². The number of ketones is 6. The molecule has 29 nitrogen and oxygen atoms in total. The Balaban J connectivity index is 1.30. The predicted molar refractivity (Wildman–Crippen MR) is 479 cm³/mol. The third-order valence-electron chi connectivity index (χ3n) is 26.5. The van der Waals surface area contributed by atoms with E-state index in [9.17, 15) is 62.3 Å². The smallest absolute Gasteiger partial charge is 0.306 e. The van der Waals surface area contributed by atoms with Gasteiger partial charge in [-0.05, 0) is 132 Å². The van der Waals surface area contributed by atoms with Crippen LogP contribution in [0.4, 0.5) is 0 Å². The maximum atomic E-state index is 14.3. The lowest BCUT2D eigenvalue weighted by molar-refractivity contribution is -0.255. The monoisotopic (exact) mass is 1800 g/mol. The Bertz CT molecular complexity index is 2980. The molecule has 0 aromatic rings. The van der Waals surface area contributed by atoms with E-state index in [-0.39, 0.29) is 240 Å². The van der Waals surface area contributed by atoms with E-state index < -0.39 is 30.3 Å². The molecule has 2 N–H and O–H groups in total. The summed E-state index contributed by atoms with van der Waals surface area (Å²) in [5, 5.41) is 5.84. The van der Waals surface area contributed by atoms with E-state index in [1.54, 1.807) is 0 Å². The first-order chi connectivity index (χ1) is 60.7. The van der Waals surface area contributed by atoms with Crippen LogP contribution in [0.2, 0.25) is 0 Å². The fourth-order valence-electron chi connectivity index (χ4n) is 17.1. The summed E-state index contributed by atoms with van der Waals surface area (Å²) >= 11 is 0. The molecule has 4 aliphatic heterocycles. The molecule has 0 saturated carbocycles. The number of nitrogens with zero attached hydrogens (tertiary/aromatic N) is 1. The summed E-state index contributed by atoms with van der Waals surface area (Å²) in [4.78, 5) is 166. The highest BCUT2D eigenvalue weighted by Crippen LogP contribution is 2.39. The van der Waals surface area contributed by atoms with Gasteiger partial charge in [-0.1, -0.05) is 121 Å². The van der Waals surface area contributed by atoms with Crippen molar-refractivity contribution in [3.05, 3.63) is 0 Å². The highest BCUT2D eigenvalue weighted by Gasteiger charge is 2.44. The predicted octanol–water partition coefficient (Wildman–Crippen LogP) is 15.3. The Morgan fingerprint density at radius 3 is 1.06 bits per heavy atom. The van der Waals surface area contributed by atoms with Gasteiger partial charge in [0.05, 0.1) is 70.9 Å². The highest BCUT2D eigenvalue weighted by atomic mass is 16.7. The number of carbonyl (C=O) groups is 13. The van der Waals surface area contributed by atoms with Gasteiger partial charge in [-0.3, -0.25) is 57.5 Å². The number of carbonyl (C=O) groups excluding carboxylic acids is 13. The second-order valence-electron chi connectivity index (χ2n) is 37.2. The second-order valence-corrected chi connectivity index (χ2v) is 37.2. The fourth-order valence-corrected chi connectivity index (χ4v) is 17.1. The van der Waals surface area contributed by atoms with Crippen molar-refractivity contribution >= 4 is 76.3 Å². The summed E-state index contributed by atoms with van der Waals surface area (Å²) in [5.74, 6) is 0.354. The van der Waals surface area contributed by atoms with Gasteiger partial charge in [0.1, 0.15) is 60.6 Å². The van der Waals surface area contributed by atoms with Crippen LogP contribution in [0.15, 0.2) is 0 Å². The maximum absolute atomic E-state index is 14.3. The molecule has 0 bridgehead atoms. The number of rotatable bonds is 73. The van der Waals surface area contributed by atoms with E-state index in [2.05, 4.69) is 72.9 Å². The number of unbranched alkanes of at least 4 members (excludes halogenated alkanes) is 14. The van der Waals surface area contributed by atoms with Gasteiger partial charge < -0.3 is 81.9 Å². The molecule has 4 fully saturated rings. The zero-order valence-electron chi connectivity index (χ0n) is 80.4. The molecular formula is C98H167N3O26. The van der Waals surface area contributed by atoms with Crippen molar-refractivity contribution in [2.75, 3.05) is 98.9 Å². The Morgan fingerprint density at radius 2 is 0.677 bits per heavy atom. The Hall–Kier alpha value is -6.05. The molecule has 0 spiro atoms. The minimum atomic E-state index is -1.06. The van der Waals surface area contributed by atoms with Crippen LogP contribution in [0.3, 0.4) is 0 Å². The van der Waals surface area contributed by atoms with E-state index in [1.165, 1.54) is 27.7 Å². The van der Waals surface area contributed by atoms with Gasteiger partial charge >= 0.3 is 23.9 Å². The first kappa shape index (κ1) is 113. The lowest BCUT2D eigenvalue weighted by atomic mass is 9.79. The number of likely N-dealkylation sites (tertiary alicyclic amines) is 1. The molecule has 0 radical (unpaired) electrons. The van der Waals surface area contributed by atoms with Crippen LogP contribution in [0.1, 0.15) is 341 Å². The summed E-state index contributed by atoms with van der Waals surface area (Å²) in [7, 11) is 0. The highest BCUT2D eigenvalue weighted by molar-refractivity contribution is 5.82. The van der Waals surface area contributed by atoms with Crippen LogP contribution in [0, 0.1) is 58.7 Å². The van der Waals surface area contributed by atoms with E-state index in [4.69, 9.17) is 61.6 Å². The average molecular weight is 1800 g/mol. The van der Waals surface area contributed by atoms with Crippen LogP contribution >= 0.6 is 0 Å². The second kappa shape index (κ2) is 65.5. The molecule has 4 saturated heterocycles. The molecule has 0 aromatic carbocycles. The van der Waals surface area contributed by atoms with Crippen LogP contribution in [-0.2, 0) is 124 Å². The van der Waals surface area contributed by atoms with Crippen molar-refractivity contribution in [3.8, 4) is 0 Å². The number of Topliss-reactive ketones (excluding diaryl/α,β-unsaturated/α-hetero) is 6. The Morgan fingerprint density at radius 1 is 0.346 bits per heavy atom. The zero-order valence-corrected chi connectivity index (χ0v) is 80.4. The van der Waals surface area contributed by atoms with Crippen molar-refractivity contribution in [3.63, 3.8) is 0 Å². The third kappa shape index (κ3) is 48.3. The van der Waals surface area contributed by atoms with Crippen LogP contribution < -0.4 is 10.6 Å². The topological polar surface area (TPSA) is 369 Å². The van der Waals surface area contributed by atoms with Crippen molar-refractivity contribution in [2.45, 2.75) is 390 Å². The molecule has 4 rings (SSSR count). The van der Waals surface area contributed by atoms with Gasteiger partial charge in [-0.25, -0.2) is 0 Å². The molecule has 3 amide bonds. The number of hydrogen-bond acceptors (Lipinski definition) is 26. The average Bonchev–Trinajstić information content (AvgIpc) is 1.48. The minimum absolute atomic E-state index is 0.00315. The lowest BCUT2D eigenvalue weighted by Gasteiger charge is -2.43. The third-order valence-corrected chi connectivity index (χ3v) is 26.5. The molecule has 17 atom stereocenters. The summed E-state index contributed by atoms with van der Waals surface area (Å²) in [6.45, 7) is 29.6. The number of hydrogen-bond donors (Lipinski definition) is 2. The van der Waals surface area contributed by atoms with Gasteiger partial charge in [0.2, 0.25) is 17.7 Å². The minimum Gasteiger partial charge on any atom is -0.463 e. The molecule has 4 heterocycles. The van der Waals surface area contributed by atoms with E-state index in [1.807, 2.05) is 11.8 Å². The number of ether oxygens (including phenoxy) is 13. The molecule has 15 unspecified atom stereocenters. The Labute approximate surface area is 760 Å². The number of nitrogens with one attached hydrogen (secondary N) is 2. The summed E-state index contributed by atoms with van der Waals surface area (Å²) in [5.41, 5.74) is -1.06. The quantitative estimate of drug-likeness (QED) is 0.0324.